The van der Waals surface area contributed by atoms with Crippen LogP contribution in [0.3, 0.4) is 0 Å². The lowest BCUT2D eigenvalue weighted by atomic mass is 9.83. The van der Waals surface area contributed by atoms with Crippen molar-refractivity contribution in [3.8, 4) is 0 Å². The number of nitrogens with zero attached hydrogens (tertiary/aromatic N) is 1. The number of carbonyl (C=O) groups is 3. The molecule has 2 aromatic rings. The van der Waals surface area contributed by atoms with Gasteiger partial charge in [-0.1, -0.05) is 36.4 Å². The first-order valence-electron chi connectivity index (χ1n) is 9.06. The van der Waals surface area contributed by atoms with Crippen LogP contribution in [0.2, 0.25) is 0 Å². The van der Waals surface area contributed by atoms with E-state index in [1.54, 1.807) is 42.5 Å². The molecule has 1 saturated heterocycles. The van der Waals surface area contributed by atoms with E-state index >= 15 is 0 Å². The van der Waals surface area contributed by atoms with E-state index < -0.39 is 0 Å². The molecule has 4 rings (SSSR count). The Morgan fingerprint density at radius 1 is 0.926 bits per heavy atom. The van der Waals surface area contributed by atoms with Crippen molar-refractivity contribution in [3.05, 3.63) is 64.7 Å². The number of nitrogens with one attached hydrogen (secondary N) is 1. The number of benzene rings is 2. The summed E-state index contributed by atoms with van der Waals surface area (Å²) in [6.45, 7) is 3.64. The number of morpholine rings is 1. The number of carbonyl (C=O) groups excluding carboxylic acids is 3. The monoisotopic (exact) mass is 364 g/mol. The van der Waals surface area contributed by atoms with E-state index in [1.807, 2.05) is 0 Å². The van der Waals surface area contributed by atoms with Crippen molar-refractivity contribution in [2.45, 2.75) is 6.42 Å². The smallest absolute Gasteiger partial charge is 0.225 e. The summed E-state index contributed by atoms with van der Waals surface area (Å²) in [7, 11) is 0. The fourth-order valence-electron chi connectivity index (χ4n) is 3.55. The Balaban J connectivity index is 1.54. The second-order valence-electron chi connectivity index (χ2n) is 6.68. The van der Waals surface area contributed by atoms with Gasteiger partial charge in [0, 0.05) is 42.7 Å². The van der Waals surface area contributed by atoms with Gasteiger partial charge in [0.15, 0.2) is 11.6 Å². The summed E-state index contributed by atoms with van der Waals surface area (Å²) in [5.74, 6) is -0.595. The molecule has 0 spiro atoms. The third kappa shape index (κ3) is 3.41. The molecule has 6 nitrogen and oxygen atoms in total. The molecule has 2 aromatic carbocycles. The molecule has 0 atom stereocenters. The minimum Gasteiger partial charge on any atom is -0.379 e. The van der Waals surface area contributed by atoms with Crippen LogP contribution in [0.5, 0.6) is 0 Å². The van der Waals surface area contributed by atoms with Gasteiger partial charge in [0.2, 0.25) is 5.91 Å². The van der Waals surface area contributed by atoms with Crippen molar-refractivity contribution in [2.24, 2.45) is 0 Å². The normalized spacial score (nSPS) is 16.6. The highest BCUT2D eigenvalue weighted by atomic mass is 16.5. The second kappa shape index (κ2) is 7.42. The number of fused-ring (bicyclic) bond motifs is 2. The van der Waals surface area contributed by atoms with Gasteiger partial charge in [-0.15, -0.1) is 0 Å². The fourth-order valence-corrected chi connectivity index (χ4v) is 3.55. The van der Waals surface area contributed by atoms with Crippen LogP contribution in [0.1, 0.15) is 38.3 Å². The third-order valence-corrected chi connectivity index (χ3v) is 4.99. The molecule has 0 saturated carbocycles. The second-order valence-corrected chi connectivity index (χ2v) is 6.68. The Kier molecular flexibility index (Phi) is 4.83. The summed E-state index contributed by atoms with van der Waals surface area (Å²) in [4.78, 5) is 40.3. The molecule has 1 aliphatic heterocycles. The quantitative estimate of drug-likeness (QED) is 0.767. The number of hydrogen-bond donors (Lipinski definition) is 1. The van der Waals surface area contributed by atoms with Gasteiger partial charge in [-0.3, -0.25) is 19.3 Å². The summed E-state index contributed by atoms with van der Waals surface area (Å²) in [5, 5.41) is 2.82. The largest absolute Gasteiger partial charge is 0.379 e. The van der Waals surface area contributed by atoms with Gasteiger partial charge in [-0.25, -0.2) is 0 Å². The van der Waals surface area contributed by atoms with Gasteiger partial charge >= 0.3 is 0 Å². The third-order valence-electron chi connectivity index (χ3n) is 4.99. The van der Waals surface area contributed by atoms with Gasteiger partial charge < -0.3 is 10.1 Å². The molecule has 1 aliphatic carbocycles. The maximum atomic E-state index is 12.9. The van der Waals surface area contributed by atoms with E-state index in [4.69, 9.17) is 4.74 Å². The van der Waals surface area contributed by atoms with E-state index in [-0.39, 0.29) is 23.0 Å². The van der Waals surface area contributed by atoms with Crippen molar-refractivity contribution in [3.63, 3.8) is 0 Å². The molecule has 0 radical (unpaired) electrons. The number of anilines is 1. The Bertz CT molecular complexity index is 916. The molecule has 0 unspecified atom stereocenters. The number of ketones is 2. The highest BCUT2D eigenvalue weighted by Gasteiger charge is 2.31. The summed E-state index contributed by atoms with van der Waals surface area (Å²) in [6, 6.07) is 11.8. The van der Waals surface area contributed by atoms with Crippen molar-refractivity contribution >= 4 is 23.2 Å². The Morgan fingerprint density at radius 2 is 1.59 bits per heavy atom. The standard InChI is InChI=1S/C21H20N2O4/c24-18(8-9-23-10-12-27-13-11-23)22-17-7-3-6-16-19(17)21(26)15-5-2-1-4-14(15)20(16)25/h1-7H,8-13H2,(H,22,24). The van der Waals surface area contributed by atoms with Crippen LogP contribution in [0.15, 0.2) is 42.5 Å². The number of amides is 1. The van der Waals surface area contributed by atoms with Gasteiger partial charge in [-0.2, -0.15) is 0 Å². The zero-order chi connectivity index (χ0) is 18.8. The SMILES string of the molecule is O=C(CCN1CCOCC1)Nc1cccc2c1C(=O)c1ccccc1C2=O. The lowest BCUT2D eigenvalue weighted by Gasteiger charge is -2.26. The van der Waals surface area contributed by atoms with E-state index in [0.29, 0.717) is 48.6 Å². The molecule has 6 heteroatoms. The summed E-state index contributed by atoms with van der Waals surface area (Å²) in [5.41, 5.74) is 1.80. The molecule has 0 aromatic heterocycles. The van der Waals surface area contributed by atoms with Crippen LogP contribution >= 0.6 is 0 Å². The predicted octanol–water partition coefficient (Wildman–Crippen LogP) is 2.12. The molecule has 1 heterocycles. The first kappa shape index (κ1) is 17.6. The van der Waals surface area contributed by atoms with E-state index in [0.717, 1.165) is 13.1 Å². The molecule has 1 N–H and O–H groups in total. The molecule has 0 bridgehead atoms. The van der Waals surface area contributed by atoms with Crippen LogP contribution in [-0.4, -0.2) is 55.2 Å². The molecule has 27 heavy (non-hydrogen) atoms. The first-order chi connectivity index (χ1) is 13.1. The minimum atomic E-state index is -0.232. The average Bonchev–Trinajstić information content (AvgIpc) is 2.71. The molecule has 138 valence electrons. The van der Waals surface area contributed by atoms with Crippen molar-refractivity contribution in [1.82, 2.24) is 4.90 Å². The van der Waals surface area contributed by atoms with Crippen molar-refractivity contribution < 1.29 is 19.1 Å². The maximum absolute atomic E-state index is 12.9. The number of ether oxygens (including phenoxy) is 1. The van der Waals surface area contributed by atoms with Gasteiger partial charge in [-0.05, 0) is 6.07 Å². The van der Waals surface area contributed by atoms with Crippen LogP contribution in [-0.2, 0) is 9.53 Å². The van der Waals surface area contributed by atoms with Gasteiger partial charge in [0.1, 0.15) is 0 Å². The van der Waals surface area contributed by atoms with Crippen LogP contribution < -0.4 is 5.32 Å². The Morgan fingerprint density at radius 3 is 2.33 bits per heavy atom. The maximum Gasteiger partial charge on any atom is 0.225 e. The van der Waals surface area contributed by atoms with E-state index in [2.05, 4.69) is 10.2 Å². The summed E-state index contributed by atoms with van der Waals surface area (Å²) < 4.78 is 5.30. The topological polar surface area (TPSA) is 75.7 Å². The molecule has 1 fully saturated rings. The zero-order valence-electron chi connectivity index (χ0n) is 14.9. The first-order valence-corrected chi connectivity index (χ1v) is 9.06. The van der Waals surface area contributed by atoms with Gasteiger partial charge in [0.25, 0.3) is 0 Å². The molecule has 1 amide bonds. The molecular formula is C21H20N2O4. The average molecular weight is 364 g/mol. The zero-order valence-corrected chi connectivity index (χ0v) is 14.9. The van der Waals surface area contributed by atoms with Crippen LogP contribution in [0.25, 0.3) is 0 Å². The lowest BCUT2D eigenvalue weighted by molar-refractivity contribution is -0.116. The lowest BCUT2D eigenvalue weighted by Crippen LogP contribution is -2.38. The van der Waals surface area contributed by atoms with E-state index in [9.17, 15) is 14.4 Å². The Labute approximate surface area is 157 Å². The van der Waals surface area contributed by atoms with Crippen LogP contribution in [0, 0.1) is 0 Å². The van der Waals surface area contributed by atoms with Crippen molar-refractivity contribution in [1.29, 1.82) is 0 Å². The van der Waals surface area contributed by atoms with Gasteiger partial charge in [0.05, 0.1) is 24.5 Å². The van der Waals surface area contributed by atoms with E-state index in [1.165, 1.54) is 0 Å². The summed E-state index contributed by atoms with van der Waals surface area (Å²) >= 11 is 0. The summed E-state index contributed by atoms with van der Waals surface area (Å²) in [6.07, 6.45) is 0.322. The van der Waals surface area contributed by atoms with Crippen molar-refractivity contribution in [2.75, 3.05) is 38.2 Å². The Hall–Kier alpha value is -2.83. The minimum absolute atomic E-state index is 0.172. The molecule has 2 aliphatic rings. The predicted molar refractivity (Wildman–Crippen MR) is 100 cm³/mol. The number of rotatable bonds is 4. The molecular weight excluding hydrogens is 344 g/mol. The fraction of sp³-hybridized carbons (Fsp3) is 0.286. The van der Waals surface area contributed by atoms with Crippen LogP contribution in [0.4, 0.5) is 5.69 Å². The highest BCUT2D eigenvalue weighted by Crippen LogP contribution is 2.31. The highest BCUT2D eigenvalue weighted by molar-refractivity contribution is 6.30. The number of hydrogen-bond acceptors (Lipinski definition) is 5.